The second-order valence-electron chi connectivity index (χ2n) is 7.40. The molecule has 0 radical (unpaired) electrons. The van der Waals surface area contributed by atoms with Gasteiger partial charge in [0, 0.05) is 30.9 Å². The number of nitrogens with zero attached hydrogens (tertiary/aromatic N) is 2. The first-order valence-electron chi connectivity index (χ1n) is 9.44. The molecule has 6 nitrogen and oxygen atoms in total. The monoisotopic (exact) mass is 401 g/mol. The molecular weight excluding hydrogens is 374 g/mol. The predicted molar refractivity (Wildman–Crippen MR) is 111 cm³/mol. The predicted octanol–water partition coefficient (Wildman–Crippen LogP) is 2.88. The quantitative estimate of drug-likeness (QED) is 0.855. The molecule has 1 fully saturated rings. The van der Waals surface area contributed by atoms with Gasteiger partial charge in [0.05, 0.1) is 4.90 Å². The Labute approximate surface area is 167 Å². The first-order chi connectivity index (χ1) is 13.3. The minimum atomic E-state index is -3.73. The van der Waals surface area contributed by atoms with Crippen molar-refractivity contribution in [3.63, 3.8) is 0 Å². The Hall–Kier alpha value is -2.38. The molecule has 3 rings (SSSR count). The lowest BCUT2D eigenvalue weighted by Crippen LogP contribution is -2.34. The smallest absolute Gasteiger partial charge is 0.262 e. The number of rotatable bonds is 4. The van der Waals surface area contributed by atoms with Crippen LogP contribution in [0.15, 0.2) is 47.4 Å². The Morgan fingerprint density at radius 2 is 1.79 bits per heavy atom. The van der Waals surface area contributed by atoms with Crippen LogP contribution in [0.1, 0.15) is 27.9 Å². The van der Waals surface area contributed by atoms with E-state index in [1.165, 1.54) is 0 Å². The Morgan fingerprint density at radius 3 is 2.57 bits per heavy atom. The average molecular weight is 402 g/mol. The van der Waals surface area contributed by atoms with Crippen molar-refractivity contribution in [2.45, 2.75) is 25.2 Å². The standard InChI is InChI=1S/C21H27N3O3S/c1-16-8-9-17(2)20(14-16)28(26,27)22-19-7-4-6-18(15-19)21(25)24-11-5-10-23(3)12-13-24/h4,6-9,14-15,22H,5,10-13H2,1-3H3. The van der Waals surface area contributed by atoms with E-state index in [0.29, 0.717) is 29.9 Å². The van der Waals surface area contributed by atoms with E-state index in [9.17, 15) is 13.2 Å². The molecule has 2 aromatic carbocycles. The zero-order chi connectivity index (χ0) is 20.3. The van der Waals surface area contributed by atoms with E-state index in [-0.39, 0.29) is 10.8 Å². The van der Waals surface area contributed by atoms with E-state index in [4.69, 9.17) is 0 Å². The van der Waals surface area contributed by atoms with Gasteiger partial charge in [-0.05, 0) is 69.3 Å². The third kappa shape index (κ3) is 4.72. The van der Waals surface area contributed by atoms with Gasteiger partial charge in [0.15, 0.2) is 0 Å². The number of sulfonamides is 1. The fourth-order valence-corrected chi connectivity index (χ4v) is 4.74. The first kappa shape index (κ1) is 20.4. The first-order valence-corrected chi connectivity index (χ1v) is 10.9. The van der Waals surface area contributed by atoms with Crippen molar-refractivity contribution in [3.8, 4) is 0 Å². The molecule has 7 heteroatoms. The highest BCUT2D eigenvalue weighted by Crippen LogP contribution is 2.22. The summed E-state index contributed by atoms with van der Waals surface area (Å²) in [6.45, 7) is 6.82. The number of anilines is 1. The van der Waals surface area contributed by atoms with Crippen LogP contribution >= 0.6 is 0 Å². The van der Waals surface area contributed by atoms with Crippen molar-refractivity contribution in [3.05, 3.63) is 59.2 Å². The van der Waals surface area contributed by atoms with Gasteiger partial charge < -0.3 is 9.80 Å². The van der Waals surface area contributed by atoms with Crippen LogP contribution in [0.3, 0.4) is 0 Å². The molecule has 0 saturated carbocycles. The summed E-state index contributed by atoms with van der Waals surface area (Å²) in [6, 6.07) is 12.0. The molecule has 1 amide bonds. The second kappa shape index (κ2) is 8.32. The van der Waals surface area contributed by atoms with E-state index in [2.05, 4.69) is 16.7 Å². The van der Waals surface area contributed by atoms with Crippen molar-refractivity contribution < 1.29 is 13.2 Å². The van der Waals surface area contributed by atoms with Crippen molar-refractivity contribution in [1.29, 1.82) is 0 Å². The number of likely N-dealkylation sites (N-methyl/N-ethyl adjacent to an activating group) is 1. The lowest BCUT2D eigenvalue weighted by atomic mass is 10.1. The SMILES string of the molecule is Cc1ccc(C)c(S(=O)(=O)Nc2cccc(C(=O)N3CCCN(C)CC3)c2)c1. The number of nitrogens with one attached hydrogen (secondary N) is 1. The lowest BCUT2D eigenvalue weighted by Gasteiger charge is -2.21. The average Bonchev–Trinajstić information content (AvgIpc) is 2.87. The van der Waals surface area contributed by atoms with Crippen LogP contribution in [0.5, 0.6) is 0 Å². The van der Waals surface area contributed by atoms with Crippen molar-refractivity contribution in [2.75, 3.05) is 37.9 Å². The Bertz CT molecular complexity index is 973. The summed E-state index contributed by atoms with van der Waals surface area (Å²) in [5.74, 6) is -0.0666. The summed E-state index contributed by atoms with van der Waals surface area (Å²) >= 11 is 0. The molecule has 0 atom stereocenters. The minimum Gasteiger partial charge on any atom is -0.337 e. The van der Waals surface area contributed by atoms with Gasteiger partial charge in [-0.15, -0.1) is 0 Å². The van der Waals surface area contributed by atoms with Crippen LogP contribution < -0.4 is 4.72 Å². The maximum Gasteiger partial charge on any atom is 0.262 e. The van der Waals surface area contributed by atoms with Crippen LogP contribution in [0.25, 0.3) is 0 Å². The molecule has 0 aliphatic carbocycles. The summed E-state index contributed by atoms with van der Waals surface area (Å²) in [5.41, 5.74) is 2.43. The van der Waals surface area contributed by atoms with Crippen LogP contribution in [0.2, 0.25) is 0 Å². The largest absolute Gasteiger partial charge is 0.337 e. The molecule has 0 bridgehead atoms. The molecule has 150 valence electrons. The third-order valence-electron chi connectivity index (χ3n) is 5.00. The van der Waals surface area contributed by atoms with Crippen molar-refractivity contribution in [1.82, 2.24) is 9.80 Å². The Morgan fingerprint density at radius 1 is 1.00 bits per heavy atom. The summed E-state index contributed by atoms with van der Waals surface area (Å²) < 4.78 is 28.3. The molecular formula is C21H27N3O3S. The fourth-order valence-electron chi connectivity index (χ4n) is 3.35. The highest BCUT2D eigenvalue weighted by Gasteiger charge is 2.21. The molecule has 1 saturated heterocycles. The summed E-state index contributed by atoms with van der Waals surface area (Å²) in [7, 11) is -1.68. The normalized spacial score (nSPS) is 15.9. The van der Waals surface area contributed by atoms with Gasteiger partial charge in [-0.2, -0.15) is 0 Å². The summed E-state index contributed by atoms with van der Waals surface area (Å²) in [4.78, 5) is 17.2. The van der Waals surface area contributed by atoms with Gasteiger partial charge >= 0.3 is 0 Å². The molecule has 1 heterocycles. The fraction of sp³-hybridized carbons (Fsp3) is 0.381. The van der Waals surface area contributed by atoms with Crippen molar-refractivity contribution in [2.24, 2.45) is 0 Å². The number of amides is 1. The number of hydrogen-bond donors (Lipinski definition) is 1. The molecule has 2 aromatic rings. The molecule has 0 spiro atoms. The zero-order valence-electron chi connectivity index (χ0n) is 16.6. The van der Waals surface area contributed by atoms with Crippen molar-refractivity contribution >= 4 is 21.6 Å². The topological polar surface area (TPSA) is 69.7 Å². The van der Waals surface area contributed by atoms with E-state index in [1.807, 2.05) is 17.9 Å². The van der Waals surface area contributed by atoms with E-state index < -0.39 is 10.0 Å². The number of carbonyl (C=O) groups excluding carboxylic acids is 1. The molecule has 28 heavy (non-hydrogen) atoms. The Kier molecular flexibility index (Phi) is 6.05. The summed E-state index contributed by atoms with van der Waals surface area (Å²) in [6.07, 6.45) is 0.932. The zero-order valence-corrected chi connectivity index (χ0v) is 17.4. The molecule has 0 aromatic heterocycles. The molecule has 1 N–H and O–H groups in total. The van der Waals surface area contributed by atoms with Crippen LogP contribution in [0.4, 0.5) is 5.69 Å². The van der Waals surface area contributed by atoms with Gasteiger partial charge in [0.2, 0.25) is 0 Å². The van der Waals surface area contributed by atoms with Crippen LogP contribution in [-0.2, 0) is 10.0 Å². The minimum absolute atomic E-state index is 0.0666. The van der Waals surface area contributed by atoms with Crippen LogP contribution in [-0.4, -0.2) is 57.4 Å². The van der Waals surface area contributed by atoms with Gasteiger partial charge in [-0.3, -0.25) is 9.52 Å². The summed E-state index contributed by atoms with van der Waals surface area (Å²) in [5, 5.41) is 0. The molecule has 1 aliphatic heterocycles. The number of hydrogen-bond acceptors (Lipinski definition) is 4. The highest BCUT2D eigenvalue weighted by atomic mass is 32.2. The Balaban J connectivity index is 1.81. The second-order valence-corrected chi connectivity index (χ2v) is 9.06. The number of carbonyl (C=O) groups is 1. The van der Waals surface area contributed by atoms with Gasteiger partial charge in [0.1, 0.15) is 0 Å². The number of aryl methyl sites for hydroxylation is 2. The highest BCUT2D eigenvalue weighted by molar-refractivity contribution is 7.92. The third-order valence-corrected chi connectivity index (χ3v) is 6.52. The van der Waals surface area contributed by atoms with E-state index in [1.54, 1.807) is 43.3 Å². The van der Waals surface area contributed by atoms with E-state index >= 15 is 0 Å². The molecule has 1 aliphatic rings. The lowest BCUT2D eigenvalue weighted by molar-refractivity contribution is 0.0763. The molecule has 0 unspecified atom stereocenters. The van der Waals surface area contributed by atoms with E-state index in [0.717, 1.165) is 25.1 Å². The van der Waals surface area contributed by atoms with Gasteiger partial charge in [-0.25, -0.2) is 8.42 Å². The maximum atomic E-state index is 12.9. The van der Waals surface area contributed by atoms with Gasteiger partial charge in [-0.1, -0.05) is 18.2 Å². The number of benzene rings is 2. The van der Waals surface area contributed by atoms with Crippen LogP contribution in [0, 0.1) is 13.8 Å². The van der Waals surface area contributed by atoms with Gasteiger partial charge in [0.25, 0.3) is 15.9 Å². The maximum absolute atomic E-state index is 12.9.